The Morgan fingerprint density at radius 1 is 1.10 bits per heavy atom. The Morgan fingerprint density at radius 3 is 2.69 bits per heavy atom. The predicted molar refractivity (Wildman–Crippen MR) is 120 cm³/mol. The first-order valence-corrected chi connectivity index (χ1v) is 10.8. The van der Waals surface area contributed by atoms with Crippen molar-refractivity contribution in [3.63, 3.8) is 0 Å². The standard InChI is InChI=1S/C24H24N2O2S/c1-2-28-20-14-8-6-10-17(20)16-25-24-22(19-13-7-9-15-21(19)29-24)23(27)26-18-11-4-3-5-12-18/h3-6,8,10-12,14,16H,2,7,9,13,15H2,1H3,(H,26,27)/b25-16+. The summed E-state index contributed by atoms with van der Waals surface area (Å²) in [5.41, 5.74) is 3.60. The first kappa shape index (κ1) is 19.4. The number of anilines is 1. The summed E-state index contributed by atoms with van der Waals surface area (Å²) in [6.07, 6.45) is 6.06. The van der Waals surface area contributed by atoms with Crippen LogP contribution in [0.2, 0.25) is 0 Å². The molecule has 1 aromatic heterocycles. The number of benzene rings is 2. The molecule has 0 spiro atoms. The SMILES string of the molecule is CCOc1ccccc1/C=N/c1sc2c(c1C(=O)Nc1ccccc1)CCCC2. The van der Waals surface area contributed by atoms with Gasteiger partial charge in [0.15, 0.2) is 0 Å². The summed E-state index contributed by atoms with van der Waals surface area (Å²) in [5, 5.41) is 3.81. The Morgan fingerprint density at radius 2 is 1.86 bits per heavy atom. The van der Waals surface area contributed by atoms with Crippen LogP contribution in [0.25, 0.3) is 0 Å². The van der Waals surface area contributed by atoms with Gasteiger partial charge in [0.1, 0.15) is 10.8 Å². The molecule has 0 atom stereocenters. The summed E-state index contributed by atoms with van der Waals surface area (Å²) in [5.74, 6) is 0.719. The minimum Gasteiger partial charge on any atom is -0.493 e. The Balaban J connectivity index is 1.68. The number of hydrogen-bond donors (Lipinski definition) is 1. The molecule has 0 fully saturated rings. The van der Waals surface area contributed by atoms with Gasteiger partial charge in [-0.05, 0) is 62.4 Å². The third-order valence-corrected chi connectivity index (χ3v) is 6.15. The van der Waals surface area contributed by atoms with E-state index in [0.29, 0.717) is 6.61 Å². The average Bonchev–Trinajstić information content (AvgIpc) is 3.12. The molecule has 0 saturated carbocycles. The zero-order chi connectivity index (χ0) is 20.1. The normalized spacial score (nSPS) is 13.3. The lowest BCUT2D eigenvalue weighted by molar-refractivity contribution is 0.102. The van der Waals surface area contributed by atoms with Gasteiger partial charge >= 0.3 is 0 Å². The minimum atomic E-state index is -0.0826. The van der Waals surface area contributed by atoms with Gasteiger partial charge in [-0.25, -0.2) is 4.99 Å². The molecule has 0 bridgehead atoms. The van der Waals surface area contributed by atoms with Crippen molar-refractivity contribution in [3.05, 3.63) is 76.2 Å². The van der Waals surface area contributed by atoms with E-state index in [2.05, 4.69) is 5.32 Å². The molecule has 3 aromatic rings. The van der Waals surface area contributed by atoms with Crippen LogP contribution in [0.5, 0.6) is 5.75 Å². The van der Waals surface area contributed by atoms with E-state index in [4.69, 9.17) is 9.73 Å². The molecule has 0 saturated heterocycles. The highest BCUT2D eigenvalue weighted by Gasteiger charge is 2.25. The summed E-state index contributed by atoms with van der Waals surface area (Å²) in [6, 6.07) is 17.4. The van der Waals surface area contributed by atoms with Crippen molar-refractivity contribution < 1.29 is 9.53 Å². The van der Waals surface area contributed by atoms with Crippen molar-refractivity contribution in [1.82, 2.24) is 0 Å². The quantitative estimate of drug-likeness (QED) is 0.510. The van der Waals surface area contributed by atoms with Crippen molar-refractivity contribution in [3.8, 4) is 5.75 Å². The topological polar surface area (TPSA) is 50.7 Å². The summed E-state index contributed by atoms with van der Waals surface area (Å²) >= 11 is 1.64. The molecular weight excluding hydrogens is 380 g/mol. The monoisotopic (exact) mass is 404 g/mol. The number of hydrogen-bond acceptors (Lipinski definition) is 4. The average molecular weight is 405 g/mol. The van der Waals surface area contributed by atoms with Gasteiger partial charge in [-0.2, -0.15) is 0 Å². The molecule has 29 heavy (non-hydrogen) atoms. The van der Waals surface area contributed by atoms with Crippen molar-refractivity contribution in [2.75, 3.05) is 11.9 Å². The molecule has 1 heterocycles. The smallest absolute Gasteiger partial charge is 0.259 e. The van der Waals surface area contributed by atoms with Crippen LogP contribution in [0.4, 0.5) is 10.7 Å². The highest BCUT2D eigenvalue weighted by atomic mass is 32.1. The lowest BCUT2D eigenvalue weighted by atomic mass is 9.95. The van der Waals surface area contributed by atoms with E-state index in [0.717, 1.165) is 46.8 Å². The number of ether oxygens (including phenoxy) is 1. The van der Waals surface area contributed by atoms with Crippen molar-refractivity contribution in [1.29, 1.82) is 0 Å². The minimum absolute atomic E-state index is 0.0826. The molecule has 148 valence electrons. The number of aliphatic imine (C=N–C) groups is 1. The lowest BCUT2D eigenvalue weighted by Crippen LogP contribution is -2.14. The number of fused-ring (bicyclic) bond motifs is 1. The second-order valence-electron chi connectivity index (χ2n) is 6.94. The summed E-state index contributed by atoms with van der Waals surface area (Å²) in [7, 11) is 0. The number of aryl methyl sites for hydroxylation is 1. The maximum Gasteiger partial charge on any atom is 0.259 e. The molecule has 0 aliphatic heterocycles. The number of para-hydroxylation sites is 2. The number of nitrogens with zero attached hydrogens (tertiary/aromatic N) is 1. The molecule has 0 radical (unpaired) electrons. The fourth-order valence-electron chi connectivity index (χ4n) is 3.59. The zero-order valence-corrected chi connectivity index (χ0v) is 17.3. The van der Waals surface area contributed by atoms with Gasteiger partial charge in [0.2, 0.25) is 0 Å². The molecule has 1 aliphatic carbocycles. The van der Waals surface area contributed by atoms with E-state index in [1.54, 1.807) is 11.3 Å². The fourth-order valence-corrected chi connectivity index (χ4v) is 4.82. The van der Waals surface area contributed by atoms with Crippen LogP contribution in [0.1, 0.15) is 46.1 Å². The highest BCUT2D eigenvalue weighted by Crippen LogP contribution is 2.40. The Labute approximate surface area is 175 Å². The first-order valence-electron chi connectivity index (χ1n) is 10.0. The molecule has 5 heteroatoms. The number of nitrogens with one attached hydrogen (secondary N) is 1. The number of amides is 1. The van der Waals surface area contributed by atoms with Crippen LogP contribution in [-0.4, -0.2) is 18.7 Å². The fraction of sp³-hybridized carbons (Fsp3) is 0.250. The van der Waals surface area contributed by atoms with Crippen LogP contribution in [0.15, 0.2) is 59.6 Å². The number of carbonyl (C=O) groups is 1. The van der Waals surface area contributed by atoms with Gasteiger partial charge in [-0.15, -0.1) is 11.3 Å². The number of carbonyl (C=O) groups excluding carboxylic acids is 1. The van der Waals surface area contributed by atoms with Gasteiger partial charge in [-0.3, -0.25) is 4.79 Å². The first-order chi connectivity index (χ1) is 14.3. The van der Waals surface area contributed by atoms with Gasteiger partial charge in [0, 0.05) is 22.3 Å². The highest BCUT2D eigenvalue weighted by molar-refractivity contribution is 7.16. The van der Waals surface area contributed by atoms with Crippen molar-refractivity contribution in [2.24, 2.45) is 4.99 Å². The van der Waals surface area contributed by atoms with Gasteiger partial charge < -0.3 is 10.1 Å². The van der Waals surface area contributed by atoms with Gasteiger partial charge in [0.25, 0.3) is 5.91 Å². The van der Waals surface area contributed by atoms with E-state index >= 15 is 0 Å². The molecule has 1 aliphatic rings. The van der Waals surface area contributed by atoms with Crippen LogP contribution < -0.4 is 10.1 Å². The molecular formula is C24H24N2O2S. The second-order valence-corrected chi connectivity index (χ2v) is 8.02. The maximum absolute atomic E-state index is 13.1. The number of thiophene rings is 1. The Hall–Kier alpha value is -2.92. The second kappa shape index (κ2) is 9.05. The molecule has 1 amide bonds. The van der Waals surface area contributed by atoms with Crippen LogP contribution in [-0.2, 0) is 12.8 Å². The Bertz CT molecular complexity index is 1020. The molecule has 4 rings (SSSR count). The lowest BCUT2D eigenvalue weighted by Gasteiger charge is -2.12. The maximum atomic E-state index is 13.1. The largest absolute Gasteiger partial charge is 0.493 e. The van der Waals surface area contributed by atoms with E-state index < -0.39 is 0 Å². The van der Waals surface area contributed by atoms with E-state index in [1.807, 2.05) is 67.7 Å². The van der Waals surface area contributed by atoms with Crippen LogP contribution in [0, 0.1) is 0 Å². The van der Waals surface area contributed by atoms with Crippen molar-refractivity contribution >= 4 is 34.1 Å². The molecule has 2 aromatic carbocycles. The Kier molecular flexibility index (Phi) is 6.06. The predicted octanol–water partition coefficient (Wildman–Crippen LogP) is 6.03. The van der Waals surface area contributed by atoms with Crippen LogP contribution in [0.3, 0.4) is 0 Å². The zero-order valence-electron chi connectivity index (χ0n) is 16.5. The van der Waals surface area contributed by atoms with E-state index in [-0.39, 0.29) is 5.91 Å². The van der Waals surface area contributed by atoms with Crippen molar-refractivity contribution in [2.45, 2.75) is 32.6 Å². The van der Waals surface area contributed by atoms with Crippen LogP contribution >= 0.6 is 11.3 Å². The van der Waals surface area contributed by atoms with E-state index in [9.17, 15) is 4.79 Å². The van der Waals surface area contributed by atoms with E-state index in [1.165, 1.54) is 16.9 Å². The molecule has 1 N–H and O–H groups in total. The third kappa shape index (κ3) is 4.40. The third-order valence-electron chi connectivity index (χ3n) is 4.95. The number of rotatable bonds is 6. The summed E-state index contributed by atoms with van der Waals surface area (Å²) in [6.45, 7) is 2.57. The summed E-state index contributed by atoms with van der Waals surface area (Å²) in [4.78, 5) is 19.2. The molecule has 4 nitrogen and oxygen atoms in total. The van der Waals surface area contributed by atoms with Gasteiger partial charge in [-0.1, -0.05) is 30.3 Å². The summed E-state index contributed by atoms with van der Waals surface area (Å²) < 4.78 is 5.70. The van der Waals surface area contributed by atoms with Gasteiger partial charge in [0.05, 0.1) is 12.2 Å². The molecule has 0 unspecified atom stereocenters.